The van der Waals surface area contributed by atoms with Crippen molar-refractivity contribution in [2.45, 2.75) is 20.3 Å². The van der Waals surface area contributed by atoms with Gasteiger partial charge in [-0.15, -0.1) is 9.83 Å². The summed E-state index contributed by atoms with van der Waals surface area (Å²) in [7, 11) is 1.42. The summed E-state index contributed by atoms with van der Waals surface area (Å²) in [6.07, 6.45) is 0.624. The van der Waals surface area contributed by atoms with E-state index in [-0.39, 0.29) is 5.69 Å². The first kappa shape index (κ1) is 9.91. The van der Waals surface area contributed by atoms with Crippen molar-refractivity contribution in [2.24, 2.45) is 0 Å². The second-order valence-electron chi connectivity index (χ2n) is 2.46. The molecule has 0 N–H and O–H groups in total. The van der Waals surface area contributed by atoms with E-state index in [0.717, 1.165) is 9.41 Å². The highest BCUT2D eigenvalue weighted by atomic mass is 32.1. The van der Waals surface area contributed by atoms with Crippen LogP contribution in [0.15, 0.2) is 4.79 Å². The molecular weight excluding hydrogens is 190 g/mol. The Bertz CT molecular complexity index is 380. The Balaban J connectivity index is 3.35. The number of hydrogen-bond donors (Lipinski definition) is 0. The lowest BCUT2D eigenvalue weighted by molar-refractivity contribution is 0.149. The second kappa shape index (κ2) is 3.69. The molecule has 0 spiro atoms. The monoisotopic (exact) mass is 201 g/mol. The van der Waals surface area contributed by atoms with Gasteiger partial charge in [-0.05, 0) is 6.92 Å². The second-order valence-corrected chi connectivity index (χ2v) is 3.05. The lowest BCUT2D eigenvalue weighted by Gasteiger charge is -1.97. The van der Waals surface area contributed by atoms with Crippen LogP contribution in [-0.2, 0) is 6.42 Å². The van der Waals surface area contributed by atoms with E-state index in [1.807, 2.05) is 6.92 Å². The third-order valence-corrected chi connectivity index (χ3v) is 1.77. The number of aryl methyl sites for hydroxylation is 1. The number of rotatable bonds is 2. The van der Waals surface area contributed by atoms with Gasteiger partial charge in [0.15, 0.2) is 5.82 Å². The summed E-state index contributed by atoms with van der Waals surface area (Å²) in [6.45, 7) is 3.53. The molecule has 1 aromatic rings. The van der Waals surface area contributed by atoms with Crippen molar-refractivity contribution >= 4 is 17.2 Å². The van der Waals surface area contributed by atoms with E-state index in [9.17, 15) is 4.79 Å². The summed E-state index contributed by atoms with van der Waals surface area (Å²) in [5.41, 5.74) is -0.355. The van der Waals surface area contributed by atoms with E-state index in [0.29, 0.717) is 17.2 Å². The molecule has 0 amide bonds. The molecule has 0 aliphatic carbocycles. The number of thiocarbonyl (C=S) groups is 1. The van der Waals surface area contributed by atoms with Crippen molar-refractivity contribution in [3.8, 4) is 0 Å². The van der Waals surface area contributed by atoms with Gasteiger partial charge in [0.2, 0.25) is 0 Å². The third kappa shape index (κ3) is 1.62. The zero-order chi connectivity index (χ0) is 10.0. The lowest BCUT2D eigenvalue weighted by atomic mass is 10.5. The van der Waals surface area contributed by atoms with Crippen molar-refractivity contribution < 1.29 is 4.84 Å². The van der Waals surface area contributed by atoms with E-state index in [4.69, 9.17) is 17.1 Å². The fourth-order valence-corrected chi connectivity index (χ4v) is 1.12. The van der Waals surface area contributed by atoms with Gasteiger partial charge >= 0.3 is 5.69 Å². The van der Waals surface area contributed by atoms with Gasteiger partial charge < -0.3 is 4.84 Å². The first-order valence-electron chi connectivity index (χ1n) is 3.88. The van der Waals surface area contributed by atoms with E-state index in [1.54, 1.807) is 6.92 Å². The summed E-state index contributed by atoms with van der Waals surface area (Å²) in [4.78, 5) is 16.7. The van der Waals surface area contributed by atoms with Gasteiger partial charge in [0, 0.05) is 6.42 Å². The largest absolute Gasteiger partial charge is 0.411 e. The zero-order valence-corrected chi connectivity index (χ0v) is 8.59. The van der Waals surface area contributed by atoms with Gasteiger partial charge in [0.25, 0.3) is 0 Å². The molecule has 0 saturated heterocycles. The molecule has 0 saturated carbocycles. The van der Waals surface area contributed by atoms with Gasteiger partial charge in [-0.25, -0.2) is 4.79 Å². The van der Waals surface area contributed by atoms with Crippen molar-refractivity contribution in [2.75, 3.05) is 7.11 Å². The van der Waals surface area contributed by atoms with Crippen molar-refractivity contribution in [3.05, 3.63) is 16.3 Å². The molecule has 0 aromatic carbocycles. The minimum Gasteiger partial charge on any atom is -0.411 e. The average Bonchev–Trinajstić information content (AvgIpc) is 2.41. The first-order valence-corrected chi connectivity index (χ1v) is 4.29. The van der Waals surface area contributed by atoms with Crippen molar-refractivity contribution in [3.63, 3.8) is 0 Å². The Morgan fingerprint density at radius 2 is 2.31 bits per heavy atom. The number of nitrogens with zero attached hydrogens (tertiary/aromatic N) is 3. The lowest BCUT2D eigenvalue weighted by Crippen LogP contribution is -2.30. The van der Waals surface area contributed by atoms with Crippen molar-refractivity contribution in [1.29, 1.82) is 0 Å². The standard InChI is InChI=1S/C7H11N3O2S/c1-4-6-8-9(5(2)13)7(11)10(6)12-3/h4H2,1-3H3. The van der Waals surface area contributed by atoms with Crippen LogP contribution in [0.2, 0.25) is 0 Å². The van der Waals surface area contributed by atoms with Crippen LogP contribution < -0.4 is 10.5 Å². The van der Waals surface area contributed by atoms with Crippen LogP contribution >= 0.6 is 12.2 Å². The summed E-state index contributed by atoms with van der Waals surface area (Å²) in [6, 6.07) is 0. The molecule has 0 atom stereocenters. The molecule has 0 aliphatic rings. The molecular formula is C7H11N3O2S. The minimum atomic E-state index is -0.355. The van der Waals surface area contributed by atoms with Gasteiger partial charge in [0.1, 0.15) is 12.1 Å². The van der Waals surface area contributed by atoms with Crippen LogP contribution in [0, 0.1) is 0 Å². The van der Waals surface area contributed by atoms with Crippen molar-refractivity contribution in [1.82, 2.24) is 14.5 Å². The SMILES string of the molecule is CCc1nn(C(C)=S)c(=O)n1OC. The van der Waals surface area contributed by atoms with E-state index in [1.165, 1.54) is 7.11 Å². The highest BCUT2D eigenvalue weighted by Crippen LogP contribution is 1.91. The Morgan fingerprint density at radius 1 is 1.69 bits per heavy atom. The van der Waals surface area contributed by atoms with Gasteiger partial charge in [-0.3, -0.25) is 0 Å². The average molecular weight is 201 g/mol. The summed E-state index contributed by atoms with van der Waals surface area (Å²) in [5.74, 6) is 0.566. The van der Waals surface area contributed by atoms with Gasteiger partial charge in [0.05, 0.1) is 0 Å². The molecule has 1 heterocycles. The maximum Gasteiger partial charge on any atom is 0.384 e. The maximum absolute atomic E-state index is 11.5. The molecule has 0 bridgehead atoms. The maximum atomic E-state index is 11.5. The molecule has 0 unspecified atom stereocenters. The topological polar surface area (TPSA) is 49.0 Å². The number of aromatic nitrogens is 3. The molecule has 1 rings (SSSR count). The predicted octanol–water partition coefficient (Wildman–Crippen LogP) is -0.139. The van der Waals surface area contributed by atoms with Crippen LogP contribution in [0.3, 0.4) is 0 Å². The molecule has 0 fully saturated rings. The first-order chi connectivity index (χ1) is 6.11. The van der Waals surface area contributed by atoms with Crippen LogP contribution in [0.25, 0.3) is 0 Å². The molecule has 13 heavy (non-hydrogen) atoms. The third-order valence-electron chi connectivity index (χ3n) is 1.60. The summed E-state index contributed by atoms with van der Waals surface area (Å²) >= 11 is 4.85. The van der Waals surface area contributed by atoms with Crippen LogP contribution in [0.5, 0.6) is 0 Å². The molecule has 0 radical (unpaired) electrons. The van der Waals surface area contributed by atoms with Crippen LogP contribution in [-0.4, -0.2) is 26.6 Å². The zero-order valence-electron chi connectivity index (χ0n) is 7.77. The predicted molar refractivity (Wildman–Crippen MR) is 52.0 cm³/mol. The normalized spacial score (nSPS) is 10.1. The Kier molecular flexibility index (Phi) is 2.82. The summed E-state index contributed by atoms with van der Waals surface area (Å²) in [5, 5.41) is 4.00. The smallest absolute Gasteiger partial charge is 0.384 e. The Morgan fingerprint density at radius 3 is 2.62 bits per heavy atom. The molecule has 72 valence electrons. The number of hydrogen-bond acceptors (Lipinski definition) is 4. The molecule has 6 heteroatoms. The van der Waals surface area contributed by atoms with Gasteiger partial charge in [-0.2, -0.15) is 4.68 Å². The molecule has 1 aromatic heterocycles. The van der Waals surface area contributed by atoms with E-state index < -0.39 is 0 Å². The van der Waals surface area contributed by atoms with Gasteiger partial charge in [-0.1, -0.05) is 19.1 Å². The van der Waals surface area contributed by atoms with E-state index in [2.05, 4.69) is 5.10 Å². The fraction of sp³-hybridized carbons (Fsp3) is 0.571. The van der Waals surface area contributed by atoms with Crippen LogP contribution in [0.1, 0.15) is 19.7 Å². The van der Waals surface area contributed by atoms with Crippen LogP contribution in [0.4, 0.5) is 0 Å². The summed E-state index contributed by atoms with van der Waals surface area (Å²) < 4.78 is 2.29. The Hall–Kier alpha value is -1.17. The van der Waals surface area contributed by atoms with E-state index >= 15 is 0 Å². The highest BCUT2D eigenvalue weighted by molar-refractivity contribution is 7.80. The highest BCUT2D eigenvalue weighted by Gasteiger charge is 2.12. The molecule has 5 nitrogen and oxygen atoms in total. The minimum absolute atomic E-state index is 0.355. The fourth-order valence-electron chi connectivity index (χ4n) is 0.998. The molecule has 0 aliphatic heterocycles. The quantitative estimate of drug-likeness (QED) is 0.625. The Labute approximate surface area is 80.9 Å².